The van der Waals surface area contributed by atoms with Crippen LogP contribution in [-0.2, 0) is 16.1 Å². The van der Waals surface area contributed by atoms with E-state index >= 15 is 0 Å². The first-order valence-corrected chi connectivity index (χ1v) is 4.92. The minimum absolute atomic E-state index is 0.175. The van der Waals surface area contributed by atoms with Crippen LogP contribution in [0.15, 0.2) is 16.7 Å². The third kappa shape index (κ3) is 3.75. The fraction of sp³-hybridized carbons (Fsp3) is 0.545. The highest BCUT2D eigenvalue weighted by atomic mass is 16.5. The number of ether oxygens (including phenoxy) is 1. The summed E-state index contributed by atoms with van der Waals surface area (Å²) in [6, 6.07) is 1.95. The lowest BCUT2D eigenvalue weighted by molar-refractivity contribution is -0.140. The first-order chi connectivity index (χ1) is 7.13. The lowest BCUT2D eigenvalue weighted by Gasteiger charge is -2.14. The average Bonchev–Trinajstić information content (AvgIpc) is 2.61. The molecule has 1 aromatic rings. The molecule has 0 amide bonds. The quantitative estimate of drug-likeness (QED) is 0.693. The Labute approximate surface area is 89.8 Å². The Hall–Kier alpha value is -1.29. The molecule has 1 heterocycles. The highest BCUT2D eigenvalue weighted by Gasteiger charge is 2.07. The Morgan fingerprint density at radius 1 is 1.60 bits per heavy atom. The van der Waals surface area contributed by atoms with Crippen LogP contribution in [0.5, 0.6) is 0 Å². The number of esters is 1. The SMILES string of the molecule is COC(=O)CCN(C)Cc1ccoc1C. The van der Waals surface area contributed by atoms with Crippen molar-refractivity contribution in [1.82, 2.24) is 4.90 Å². The van der Waals surface area contributed by atoms with E-state index < -0.39 is 0 Å². The largest absolute Gasteiger partial charge is 0.469 e. The van der Waals surface area contributed by atoms with Crippen molar-refractivity contribution in [1.29, 1.82) is 0 Å². The van der Waals surface area contributed by atoms with Gasteiger partial charge in [0.05, 0.1) is 19.8 Å². The second kappa shape index (κ2) is 5.56. The van der Waals surface area contributed by atoms with Gasteiger partial charge in [0.2, 0.25) is 0 Å². The number of hydrogen-bond donors (Lipinski definition) is 0. The molecule has 0 bridgehead atoms. The number of nitrogens with zero attached hydrogens (tertiary/aromatic N) is 1. The number of methoxy groups -OCH3 is 1. The number of rotatable bonds is 5. The van der Waals surface area contributed by atoms with Gasteiger partial charge in [-0.3, -0.25) is 4.79 Å². The van der Waals surface area contributed by atoms with Gasteiger partial charge >= 0.3 is 5.97 Å². The molecular formula is C11H17NO3. The third-order valence-corrected chi connectivity index (χ3v) is 2.33. The number of carbonyl (C=O) groups excluding carboxylic acids is 1. The maximum atomic E-state index is 10.9. The Kier molecular flexibility index (Phi) is 4.37. The van der Waals surface area contributed by atoms with E-state index in [1.165, 1.54) is 7.11 Å². The summed E-state index contributed by atoms with van der Waals surface area (Å²) in [7, 11) is 3.37. The minimum atomic E-state index is -0.175. The molecule has 0 aliphatic carbocycles. The van der Waals surface area contributed by atoms with E-state index in [2.05, 4.69) is 9.64 Å². The zero-order chi connectivity index (χ0) is 11.3. The zero-order valence-corrected chi connectivity index (χ0v) is 9.45. The van der Waals surface area contributed by atoms with Gasteiger partial charge in [0, 0.05) is 18.7 Å². The summed E-state index contributed by atoms with van der Waals surface area (Å²) in [6.07, 6.45) is 2.10. The maximum Gasteiger partial charge on any atom is 0.306 e. The molecule has 0 aromatic carbocycles. The number of hydrogen-bond acceptors (Lipinski definition) is 4. The third-order valence-electron chi connectivity index (χ3n) is 2.33. The molecule has 0 aliphatic rings. The normalized spacial score (nSPS) is 10.7. The highest BCUT2D eigenvalue weighted by Crippen LogP contribution is 2.10. The van der Waals surface area contributed by atoms with Gasteiger partial charge in [-0.1, -0.05) is 0 Å². The molecule has 0 fully saturated rings. The lowest BCUT2D eigenvalue weighted by atomic mass is 10.2. The first-order valence-electron chi connectivity index (χ1n) is 4.92. The zero-order valence-electron chi connectivity index (χ0n) is 9.45. The summed E-state index contributed by atoms with van der Waals surface area (Å²) in [5, 5.41) is 0. The number of aryl methyl sites for hydroxylation is 1. The predicted molar refractivity (Wildman–Crippen MR) is 56.4 cm³/mol. The minimum Gasteiger partial charge on any atom is -0.469 e. The summed E-state index contributed by atoms with van der Waals surface area (Å²) in [5.41, 5.74) is 1.15. The topological polar surface area (TPSA) is 42.7 Å². The molecule has 4 heteroatoms. The van der Waals surface area contributed by atoms with Crippen molar-refractivity contribution in [3.05, 3.63) is 23.7 Å². The molecular weight excluding hydrogens is 194 g/mol. The van der Waals surface area contributed by atoms with Gasteiger partial charge in [0.15, 0.2) is 0 Å². The van der Waals surface area contributed by atoms with Gasteiger partial charge in [0.1, 0.15) is 5.76 Å². The molecule has 0 radical (unpaired) electrons. The van der Waals surface area contributed by atoms with E-state index in [1.807, 2.05) is 20.0 Å². The molecule has 84 valence electrons. The van der Waals surface area contributed by atoms with Crippen LogP contribution < -0.4 is 0 Å². The molecule has 1 rings (SSSR count). The van der Waals surface area contributed by atoms with Crippen molar-refractivity contribution in [3.8, 4) is 0 Å². The molecule has 0 saturated carbocycles. The Balaban J connectivity index is 2.33. The maximum absolute atomic E-state index is 10.9. The Morgan fingerprint density at radius 2 is 2.33 bits per heavy atom. The Bertz CT molecular complexity index is 319. The lowest BCUT2D eigenvalue weighted by Crippen LogP contribution is -2.21. The van der Waals surface area contributed by atoms with Crippen LogP contribution >= 0.6 is 0 Å². The average molecular weight is 211 g/mol. The van der Waals surface area contributed by atoms with Crippen molar-refractivity contribution < 1.29 is 13.9 Å². The van der Waals surface area contributed by atoms with Crippen molar-refractivity contribution in [2.24, 2.45) is 0 Å². The standard InChI is InChI=1S/C11H17NO3/c1-9-10(5-7-15-9)8-12(2)6-4-11(13)14-3/h5,7H,4,6,8H2,1-3H3. The summed E-state index contributed by atoms with van der Waals surface area (Å²) < 4.78 is 9.77. The van der Waals surface area contributed by atoms with Crippen LogP contribution in [-0.4, -0.2) is 31.6 Å². The van der Waals surface area contributed by atoms with Crippen LogP contribution in [0.25, 0.3) is 0 Å². The molecule has 0 aliphatic heterocycles. The smallest absolute Gasteiger partial charge is 0.306 e. The van der Waals surface area contributed by atoms with E-state index in [1.54, 1.807) is 6.26 Å². The van der Waals surface area contributed by atoms with Gasteiger partial charge in [-0.05, 0) is 20.0 Å². The van der Waals surface area contributed by atoms with Crippen molar-refractivity contribution in [3.63, 3.8) is 0 Å². The van der Waals surface area contributed by atoms with Crippen LogP contribution in [0, 0.1) is 6.92 Å². The fourth-order valence-electron chi connectivity index (χ4n) is 1.33. The molecule has 0 saturated heterocycles. The van der Waals surface area contributed by atoms with E-state index in [0.717, 1.165) is 17.9 Å². The van der Waals surface area contributed by atoms with Crippen LogP contribution in [0.1, 0.15) is 17.7 Å². The number of carbonyl (C=O) groups is 1. The van der Waals surface area contributed by atoms with Crippen LogP contribution in [0.4, 0.5) is 0 Å². The van der Waals surface area contributed by atoms with Crippen molar-refractivity contribution in [2.75, 3.05) is 20.7 Å². The predicted octanol–water partition coefficient (Wildman–Crippen LogP) is 1.58. The summed E-state index contributed by atoms with van der Waals surface area (Å²) >= 11 is 0. The van der Waals surface area contributed by atoms with Gasteiger partial charge in [-0.25, -0.2) is 0 Å². The highest BCUT2D eigenvalue weighted by molar-refractivity contribution is 5.69. The van der Waals surface area contributed by atoms with E-state index in [-0.39, 0.29) is 5.97 Å². The second-order valence-electron chi connectivity index (χ2n) is 3.57. The second-order valence-corrected chi connectivity index (χ2v) is 3.57. The first kappa shape index (κ1) is 11.8. The van der Waals surface area contributed by atoms with E-state index in [9.17, 15) is 4.79 Å². The van der Waals surface area contributed by atoms with E-state index in [4.69, 9.17) is 4.42 Å². The summed E-state index contributed by atoms with van der Waals surface area (Å²) in [6.45, 7) is 3.42. The van der Waals surface area contributed by atoms with E-state index in [0.29, 0.717) is 13.0 Å². The van der Waals surface area contributed by atoms with Gasteiger partial charge in [-0.15, -0.1) is 0 Å². The summed E-state index contributed by atoms with van der Waals surface area (Å²) in [4.78, 5) is 13.0. The number of furan rings is 1. The summed E-state index contributed by atoms with van der Waals surface area (Å²) in [5.74, 6) is 0.755. The Morgan fingerprint density at radius 3 is 2.87 bits per heavy atom. The van der Waals surface area contributed by atoms with Crippen molar-refractivity contribution >= 4 is 5.97 Å². The van der Waals surface area contributed by atoms with Gasteiger partial charge in [-0.2, -0.15) is 0 Å². The molecule has 0 N–H and O–H groups in total. The fourth-order valence-corrected chi connectivity index (χ4v) is 1.33. The van der Waals surface area contributed by atoms with Gasteiger partial charge in [0.25, 0.3) is 0 Å². The molecule has 15 heavy (non-hydrogen) atoms. The molecule has 0 spiro atoms. The molecule has 0 atom stereocenters. The molecule has 1 aromatic heterocycles. The molecule has 0 unspecified atom stereocenters. The van der Waals surface area contributed by atoms with Gasteiger partial charge < -0.3 is 14.1 Å². The molecule has 4 nitrogen and oxygen atoms in total. The monoisotopic (exact) mass is 211 g/mol. The van der Waals surface area contributed by atoms with Crippen LogP contribution in [0.2, 0.25) is 0 Å². The van der Waals surface area contributed by atoms with Crippen LogP contribution in [0.3, 0.4) is 0 Å². The van der Waals surface area contributed by atoms with Crippen molar-refractivity contribution in [2.45, 2.75) is 19.9 Å².